The van der Waals surface area contributed by atoms with Crippen molar-refractivity contribution in [1.82, 2.24) is 0 Å². The van der Waals surface area contributed by atoms with Crippen molar-refractivity contribution in [2.45, 2.75) is 27.2 Å². The van der Waals surface area contributed by atoms with Crippen LogP contribution in [0.15, 0.2) is 0 Å². The van der Waals surface area contributed by atoms with E-state index in [9.17, 15) is 9.59 Å². The maximum atomic E-state index is 11.3. The number of carbonyl (C=O) groups is 2. The van der Waals surface area contributed by atoms with Crippen LogP contribution in [0.3, 0.4) is 0 Å². The molecule has 0 aromatic heterocycles. The van der Waals surface area contributed by atoms with Gasteiger partial charge in [-0.15, -0.1) is 0 Å². The minimum atomic E-state index is -1.52. The summed E-state index contributed by atoms with van der Waals surface area (Å²) in [5.41, 5.74) is -1.52. The van der Waals surface area contributed by atoms with Gasteiger partial charge in [0, 0.05) is 13.2 Å². The van der Waals surface area contributed by atoms with Gasteiger partial charge in [-0.25, -0.2) is 0 Å². The molecule has 0 aromatic rings. The minimum absolute atomic E-state index is 0.113. The Kier molecular flexibility index (Phi) is 6.03. The minimum Gasteiger partial charge on any atom is -0.480 e. The molecule has 0 amide bonds. The van der Waals surface area contributed by atoms with Gasteiger partial charge in [0.1, 0.15) is 0 Å². The number of ether oxygens (including phenoxy) is 2. The summed E-state index contributed by atoms with van der Waals surface area (Å²) in [6.45, 7) is 6.13. The zero-order chi connectivity index (χ0) is 12.8. The van der Waals surface area contributed by atoms with Gasteiger partial charge in [-0.05, 0) is 19.3 Å². The predicted octanol–water partition coefficient (Wildman–Crippen LogP) is 1.31. The van der Waals surface area contributed by atoms with Crippen LogP contribution >= 0.6 is 0 Å². The van der Waals surface area contributed by atoms with Gasteiger partial charge >= 0.3 is 11.9 Å². The Bertz CT molecular complexity index is 249. The van der Waals surface area contributed by atoms with E-state index in [0.29, 0.717) is 12.5 Å². The van der Waals surface area contributed by atoms with Gasteiger partial charge in [-0.2, -0.15) is 0 Å². The van der Waals surface area contributed by atoms with Gasteiger partial charge < -0.3 is 14.6 Å². The molecule has 1 atom stereocenters. The molecule has 0 bridgehead atoms. The van der Waals surface area contributed by atoms with Crippen LogP contribution in [0.4, 0.5) is 0 Å². The van der Waals surface area contributed by atoms with Crippen LogP contribution in [0, 0.1) is 11.3 Å². The van der Waals surface area contributed by atoms with Crippen LogP contribution in [0.2, 0.25) is 0 Å². The highest BCUT2D eigenvalue weighted by Gasteiger charge is 2.42. The summed E-state index contributed by atoms with van der Waals surface area (Å²) in [4.78, 5) is 22.3. The van der Waals surface area contributed by atoms with Crippen molar-refractivity contribution in [3.8, 4) is 0 Å². The number of carboxylic acids is 1. The van der Waals surface area contributed by atoms with Gasteiger partial charge in [0.2, 0.25) is 0 Å². The molecular weight excluding hydrogens is 212 g/mol. The lowest BCUT2D eigenvalue weighted by atomic mass is 9.87. The smallest absolute Gasteiger partial charge is 0.323 e. The number of aliphatic carboxylic acids is 1. The van der Waals surface area contributed by atoms with E-state index >= 15 is 0 Å². The first-order valence-electron chi connectivity index (χ1n) is 5.24. The second kappa shape index (κ2) is 6.48. The number of hydrogen-bond acceptors (Lipinski definition) is 4. The highest BCUT2D eigenvalue weighted by atomic mass is 16.5. The molecule has 0 spiro atoms. The lowest BCUT2D eigenvalue weighted by Crippen LogP contribution is -2.38. The van der Waals surface area contributed by atoms with E-state index in [1.165, 1.54) is 14.0 Å². The molecule has 1 N–H and O–H groups in total. The summed E-state index contributed by atoms with van der Waals surface area (Å²) in [7, 11) is 1.18. The summed E-state index contributed by atoms with van der Waals surface area (Å²) in [6, 6.07) is 0. The largest absolute Gasteiger partial charge is 0.480 e. The van der Waals surface area contributed by atoms with E-state index in [1.807, 2.05) is 13.8 Å². The molecule has 0 saturated carbocycles. The molecule has 0 fully saturated rings. The normalized spacial score (nSPS) is 14.6. The number of carboxylic acid groups (broad SMARTS) is 1. The zero-order valence-corrected chi connectivity index (χ0v) is 10.3. The number of hydrogen-bond donors (Lipinski definition) is 1. The average molecular weight is 232 g/mol. The lowest BCUT2D eigenvalue weighted by molar-refractivity contribution is -0.167. The van der Waals surface area contributed by atoms with E-state index in [1.54, 1.807) is 0 Å². The molecule has 0 heterocycles. The maximum absolute atomic E-state index is 11.3. The maximum Gasteiger partial charge on any atom is 0.323 e. The predicted molar refractivity (Wildman–Crippen MR) is 58.0 cm³/mol. The fourth-order valence-electron chi connectivity index (χ4n) is 1.12. The fourth-order valence-corrected chi connectivity index (χ4v) is 1.12. The summed E-state index contributed by atoms with van der Waals surface area (Å²) in [5.74, 6) is -1.55. The standard InChI is InChI=1S/C11H20O5/c1-8(2)7-16-6-5-11(3,9(12)13)10(14)15-4/h8H,5-7H2,1-4H3,(H,12,13). The molecule has 1 unspecified atom stereocenters. The molecule has 0 rings (SSSR count). The van der Waals surface area contributed by atoms with Gasteiger partial charge in [0.25, 0.3) is 0 Å². The quantitative estimate of drug-likeness (QED) is 0.407. The summed E-state index contributed by atoms with van der Waals surface area (Å²) in [5, 5.41) is 8.99. The average Bonchev–Trinajstić information content (AvgIpc) is 2.22. The SMILES string of the molecule is COC(=O)C(C)(CCOCC(C)C)C(=O)O. The molecule has 0 aliphatic heterocycles. The van der Waals surface area contributed by atoms with Crippen molar-refractivity contribution in [2.24, 2.45) is 11.3 Å². The van der Waals surface area contributed by atoms with Crippen LogP contribution in [0.25, 0.3) is 0 Å². The van der Waals surface area contributed by atoms with E-state index in [4.69, 9.17) is 9.84 Å². The number of esters is 1. The Morgan fingerprint density at radius 1 is 1.38 bits per heavy atom. The summed E-state index contributed by atoms with van der Waals surface area (Å²) >= 11 is 0. The molecule has 94 valence electrons. The van der Waals surface area contributed by atoms with Crippen molar-refractivity contribution in [3.05, 3.63) is 0 Å². The number of methoxy groups -OCH3 is 1. The first kappa shape index (κ1) is 14.9. The summed E-state index contributed by atoms with van der Waals surface area (Å²) in [6.07, 6.45) is 0.113. The third-order valence-electron chi connectivity index (χ3n) is 2.31. The molecule has 16 heavy (non-hydrogen) atoms. The Labute approximate surface area is 95.7 Å². The molecule has 0 aromatic carbocycles. The Balaban J connectivity index is 4.25. The fraction of sp³-hybridized carbons (Fsp3) is 0.818. The topological polar surface area (TPSA) is 72.8 Å². The van der Waals surface area contributed by atoms with E-state index < -0.39 is 17.4 Å². The van der Waals surface area contributed by atoms with Gasteiger partial charge in [0.05, 0.1) is 7.11 Å². The highest BCUT2D eigenvalue weighted by molar-refractivity contribution is 5.98. The first-order valence-corrected chi connectivity index (χ1v) is 5.24. The van der Waals surface area contributed by atoms with Gasteiger partial charge in [0.15, 0.2) is 5.41 Å². The first-order chi connectivity index (χ1) is 7.34. The van der Waals surface area contributed by atoms with E-state index in [2.05, 4.69) is 4.74 Å². The summed E-state index contributed by atoms with van der Waals surface area (Å²) < 4.78 is 9.74. The van der Waals surface area contributed by atoms with Crippen LogP contribution in [0.5, 0.6) is 0 Å². The number of rotatable bonds is 7. The van der Waals surface area contributed by atoms with Crippen molar-refractivity contribution in [3.63, 3.8) is 0 Å². The molecule has 0 aliphatic carbocycles. The van der Waals surface area contributed by atoms with Gasteiger partial charge in [-0.1, -0.05) is 13.8 Å². The van der Waals surface area contributed by atoms with E-state index in [0.717, 1.165) is 0 Å². The Morgan fingerprint density at radius 2 is 1.94 bits per heavy atom. The molecule has 5 nitrogen and oxygen atoms in total. The molecule has 0 saturated heterocycles. The Hall–Kier alpha value is -1.10. The van der Waals surface area contributed by atoms with Crippen LogP contribution in [-0.2, 0) is 19.1 Å². The molecule has 0 radical (unpaired) electrons. The van der Waals surface area contributed by atoms with Crippen LogP contribution in [0.1, 0.15) is 27.2 Å². The molecular formula is C11H20O5. The van der Waals surface area contributed by atoms with Crippen molar-refractivity contribution in [2.75, 3.05) is 20.3 Å². The monoisotopic (exact) mass is 232 g/mol. The third kappa shape index (κ3) is 4.18. The van der Waals surface area contributed by atoms with Crippen molar-refractivity contribution in [1.29, 1.82) is 0 Å². The lowest BCUT2D eigenvalue weighted by Gasteiger charge is -2.21. The van der Waals surface area contributed by atoms with Crippen LogP contribution < -0.4 is 0 Å². The van der Waals surface area contributed by atoms with Crippen LogP contribution in [-0.4, -0.2) is 37.4 Å². The number of carbonyl (C=O) groups excluding carboxylic acids is 1. The second-order valence-corrected chi connectivity index (χ2v) is 4.35. The van der Waals surface area contributed by atoms with Crippen molar-refractivity contribution < 1.29 is 24.2 Å². The third-order valence-corrected chi connectivity index (χ3v) is 2.31. The molecule has 5 heteroatoms. The van der Waals surface area contributed by atoms with Crippen molar-refractivity contribution >= 4 is 11.9 Å². The second-order valence-electron chi connectivity index (χ2n) is 4.35. The zero-order valence-electron chi connectivity index (χ0n) is 10.3. The van der Waals surface area contributed by atoms with Gasteiger partial charge in [-0.3, -0.25) is 9.59 Å². The highest BCUT2D eigenvalue weighted by Crippen LogP contribution is 2.23. The molecule has 0 aliphatic rings. The Morgan fingerprint density at radius 3 is 2.31 bits per heavy atom. The van der Waals surface area contributed by atoms with E-state index in [-0.39, 0.29) is 13.0 Å².